The van der Waals surface area contributed by atoms with Crippen molar-refractivity contribution < 1.29 is 19.4 Å². The van der Waals surface area contributed by atoms with Gasteiger partial charge in [0, 0.05) is 24.6 Å². The number of hydrogen-bond acceptors (Lipinski definition) is 5. The first kappa shape index (κ1) is 17.5. The molecule has 0 amide bonds. The number of para-hydroxylation sites is 1. The van der Waals surface area contributed by atoms with Gasteiger partial charge in [-0.05, 0) is 36.2 Å². The Morgan fingerprint density at radius 3 is 2.56 bits per heavy atom. The molecule has 5 nitrogen and oxygen atoms in total. The Bertz CT molecular complexity index is 764. The van der Waals surface area contributed by atoms with Crippen LogP contribution in [-0.2, 0) is 0 Å². The minimum absolute atomic E-state index is 0.0599. The van der Waals surface area contributed by atoms with E-state index in [1.54, 1.807) is 7.11 Å². The molecule has 0 aliphatic rings. The summed E-state index contributed by atoms with van der Waals surface area (Å²) in [7, 11) is 1.63. The number of benzene rings is 2. The van der Waals surface area contributed by atoms with E-state index in [0.717, 1.165) is 22.3 Å². The Morgan fingerprint density at radius 2 is 1.88 bits per heavy atom. The predicted molar refractivity (Wildman–Crippen MR) is 96.6 cm³/mol. The summed E-state index contributed by atoms with van der Waals surface area (Å²) in [5.74, 6) is 1.32. The summed E-state index contributed by atoms with van der Waals surface area (Å²) in [6, 6.07) is 17.2. The molecule has 0 aliphatic carbocycles. The zero-order chi connectivity index (χ0) is 17.6. The third kappa shape index (κ3) is 4.20. The van der Waals surface area contributed by atoms with E-state index in [4.69, 9.17) is 9.15 Å². The molecule has 0 bridgehead atoms. The summed E-state index contributed by atoms with van der Waals surface area (Å²) in [5, 5.41) is 24.0. The van der Waals surface area contributed by atoms with Crippen LogP contribution in [0.25, 0.3) is 11.0 Å². The molecule has 0 aliphatic heterocycles. The van der Waals surface area contributed by atoms with E-state index >= 15 is 0 Å². The lowest BCUT2D eigenvalue weighted by Crippen LogP contribution is -2.27. The van der Waals surface area contributed by atoms with E-state index in [0.29, 0.717) is 18.7 Å². The molecule has 0 saturated heterocycles. The van der Waals surface area contributed by atoms with E-state index in [9.17, 15) is 10.2 Å². The number of fused-ring (bicyclic) bond motifs is 1. The van der Waals surface area contributed by atoms with Crippen LogP contribution >= 0.6 is 0 Å². The molecule has 3 rings (SSSR count). The van der Waals surface area contributed by atoms with Gasteiger partial charge in [-0.2, -0.15) is 0 Å². The van der Waals surface area contributed by atoms with E-state index in [1.807, 2.05) is 54.6 Å². The Kier molecular flexibility index (Phi) is 5.71. The van der Waals surface area contributed by atoms with Crippen LogP contribution < -0.4 is 10.1 Å². The first-order valence-corrected chi connectivity index (χ1v) is 8.36. The van der Waals surface area contributed by atoms with Gasteiger partial charge in [-0.3, -0.25) is 0 Å². The number of aliphatic hydroxyl groups is 2. The maximum absolute atomic E-state index is 10.4. The average molecular weight is 341 g/mol. The lowest BCUT2D eigenvalue weighted by molar-refractivity contribution is 0.142. The van der Waals surface area contributed by atoms with Crippen LogP contribution in [0, 0.1) is 0 Å². The quantitative estimate of drug-likeness (QED) is 0.587. The summed E-state index contributed by atoms with van der Waals surface area (Å²) in [6.07, 6.45) is -0.203. The van der Waals surface area contributed by atoms with Crippen LogP contribution in [0.15, 0.2) is 59.0 Å². The molecule has 132 valence electrons. The molecular weight excluding hydrogens is 318 g/mol. The van der Waals surface area contributed by atoms with Crippen molar-refractivity contribution >= 4 is 11.0 Å². The van der Waals surface area contributed by atoms with E-state index in [-0.39, 0.29) is 12.6 Å². The summed E-state index contributed by atoms with van der Waals surface area (Å²) >= 11 is 0. The first-order chi connectivity index (χ1) is 12.2. The molecule has 1 heterocycles. The summed E-state index contributed by atoms with van der Waals surface area (Å²) in [5.41, 5.74) is 1.80. The number of hydrogen-bond donors (Lipinski definition) is 3. The van der Waals surface area contributed by atoms with Gasteiger partial charge in [0.05, 0.1) is 7.11 Å². The van der Waals surface area contributed by atoms with Gasteiger partial charge in [0.15, 0.2) is 0 Å². The lowest BCUT2D eigenvalue weighted by Gasteiger charge is -2.20. The van der Waals surface area contributed by atoms with Crippen LogP contribution in [0.3, 0.4) is 0 Å². The lowest BCUT2D eigenvalue weighted by atomic mass is 10.0. The van der Waals surface area contributed by atoms with Crippen molar-refractivity contribution in [3.63, 3.8) is 0 Å². The van der Waals surface area contributed by atoms with Crippen LogP contribution in [0.2, 0.25) is 0 Å². The monoisotopic (exact) mass is 341 g/mol. The second-order valence-electron chi connectivity index (χ2n) is 5.95. The molecule has 2 atom stereocenters. The molecule has 0 fully saturated rings. The van der Waals surface area contributed by atoms with Gasteiger partial charge in [0.2, 0.25) is 0 Å². The zero-order valence-corrected chi connectivity index (χ0v) is 14.2. The molecule has 0 spiro atoms. The Morgan fingerprint density at radius 1 is 1.12 bits per heavy atom. The molecule has 3 N–H and O–H groups in total. The number of aliphatic hydroxyl groups excluding tert-OH is 2. The number of methoxy groups -OCH3 is 1. The second-order valence-corrected chi connectivity index (χ2v) is 5.95. The number of ether oxygens (including phenoxy) is 1. The highest BCUT2D eigenvalue weighted by molar-refractivity contribution is 5.77. The topological polar surface area (TPSA) is 74.9 Å². The van der Waals surface area contributed by atoms with Crippen molar-refractivity contribution in [2.24, 2.45) is 0 Å². The molecule has 2 aromatic carbocycles. The van der Waals surface area contributed by atoms with Crippen LogP contribution in [0.5, 0.6) is 5.75 Å². The van der Waals surface area contributed by atoms with Gasteiger partial charge < -0.3 is 24.7 Å². The van der Waals surface area contributed by atoms with Crippen molar-refractivity contribution in [3.8, 4) is 5.75 Å². The van der Waals surface area contributed by atoms with Gasteiger partial charge in [-0.25, -0.2) is 0 Å². The highest BCUT2D eigenvalue weighted by atomic mass is 16.5. The van der Waals surface area contributed by atoms with E-state index in [1.165, 1.54) is 0 Å². The molecule has 3 aromatic rings. The van der Waals surface area contributed by atoms with Crippen LogP contribution in [0.4, 0.5) is 0 Å². The van der Waals surface area contributed by atoms with Gasteiger partial charge >= 0.3 is 0 Å². The molecule has 0 radical (unpaired) electrons. The van der Waals surface area contributed by atoms with Gasteiger partial charge in [0.1, 0.15) is 23.2 Å². The van der Waals surface area contributed by atoms with Crippen molar-refractivity contribution in [1.29, 1.82) is 0 Å². The van der Waals surface area contributed by atoms with E-state index in [2.05, 4.69) is 5.32 Å². The smallest absolute Gasteiger partial charge is 0.135 e. The fraction of sp³-hybridized carbons (Fsp3) is 0.300. The second kappa shape index (κ2) is 8.16. The minimum atomic E-state index is -0.758. The Labute approximate surface area is 146 Å². The summed E-state index contributed by atoms with van der Waals surface area (Å²) < 4.78 is 10.9. The van der Waals surface area contributed by atoms with Gasteiger partial charge in [-0.15, -0.1) is 0 Å². The molecule has 25 heavy (non-hydrogen) atoms. The fourth-order valence-corrected chi connectivity index (χ4v) is 2.87. The predicted octanol–water partition coefficient (Wildman–Crippen LogP) is 3.19. The molecule has 1 unspecified atom stereocenters. The highest BCUT2D eigenvalue weighted by Gasteiger charge is 2.17. The van der Waals surface area contributed by atoms with Crippen molar-refractivity contribution in [2.45, 2.75) is 18.6 Å². The Hall–Kier alpha value is -2.34. The molecule has 0 saturated carbocycles. The maximum Gasteiger partial charge on any atom is 0.135 e. The number of rotatable bonds is 8. The molecule has 5 heteroatoms. The first-order valence-electron chi connectivity index (χ1n) is 8.36. The summed E-state index contributed by atoms with van der Waals surface area (Å²) in [6.45, 7) is 0.390. The van der Waals surface area contributed by atoms with Crippen molar-refractivity contribution in [3.05, 3.63) is 65.9 Å². The molecule has 1 aromatic heterocycles. The minimum Gasteiger partial charge on any atom is -0.497 e. The average Bonchev–Trinajstić information content (AvgIpc) is 3.09. The van der Waals surface area contributed by atoms with Gasteiger partial charge in [0.25, 0.3) is 0 Å². The fourth-order valence-electron chi connectivity index (χ4n) is 2.87. The van der Waals surface area contributed by atoms with Crippen molar-refractivity contribution in [1.82, 2.24) is 5.32 Å². The third-order valence-electron chi connectivity index (χ3n) is 4.27. The standard InChI is InChI=1S/C20H23NO4/c1-24-16-8-6-14(7-9-16)17(10-11-22)21-13-18(23)20-12-15-4-2-3-5-19(15)25-20/h2-9,12,17-18,21-23H,10-11,13H2,1H3/t17?,18-/m1/s1. The van der Waals surface area contributed by atoms with Gasteiger partial charge in [-0.1, -0.05) is 30.3 Å². The molecular formula is C20H23NO4. The Balaban J connectivity index is 1.67. The van der Waals surface area contributed by atoms with Crippen LogP contribution in [-0.4, -0.2) is 30.5 Å². The number of nitrogens with one attached hydrogen (secondary N) is 1. The van der Waals surface area contributed by atoms with Crippen molar-refractivity contribution in [2.75, 3.05) is 20.3 Å². The SMILES string of the molecule is COc1ccc(C(CCO)NC[C@@H](O)c2cc3ccccc3o2)cc1. The third-order valence-corrected chi connectivity index (χ3v) is 4.27. The van der Waals surface area contributed by atoms with E-state index < -0.39 is 6.10 Å². The largest absolute Gasteiger partial charge is 0.497 e. The highest BCUT2D eigenvalue weighted by Crippen LogP contribution is 2.25. The normalized spacial score (nSPS) is 13.7. The zero-order valence-electron chi connectivity index (χ0n) is 14.2. The maximum atomic E-state index is 10.4. The number of furan rings is 1. The van der Waals surface area contributed by atoms with Crippen LogP contribution in [0.1, 0.15) is 29.9 Å². The summed E-state index contributed by atoms with van der Waals surface area (Å²) in [4.78, 5) is 0.